The first kappa shape index (κ1) is 18.4. The van der Waals surface area contributed by atoms with Crippen molar-refractivity contribution in [1.82, 2.24) is 16.0 Å². The van der Waals surface area contributed by atoms with E-state index in [1.807, 2.05) is 37.3 Å². The monoisotopic (exact) mass is 344 g/mol. The number of carbonyl (C=O) groups is 1. The van der Waals surface area contributed by atoms with Gasteiger partial charge in [-0.3, -0.25) is 4.79 Å². The summed E-state index contributed by atoms with van der Waals surface area (Å²) in [6, 6.07) is 11.3. The Balaban J connectivity index is 1.83. The zero-order chi connectivity index (χ0) is 17.9. The number of nitrogens with one attached hydrogen (secondary N) is 3. The fraction of sp³-hybridized carbons (Fsp3) is 0.333. The number of ether oxygens (including phenoxy) is 1. The first-order valence-electron chi connectivity index (χ1n) is 8.15. The number of methoxy groups -OCH3 is 1. The van der Waals surface area contributed by atoms with Crippen LogP contribution in [0.4, 0.5) is 0 Å². The van der Waals surface area contributed by atoms with Crippen LogP contribution in [0.2, 0.25) is 0 Å². The van der Waals surface area contributed by atoms with Crippen molar-refractivity contribution in [2.45, 2.75) is 20.0 Å². The number of guanidine groups is 1. The smallest absolute Gasteiger partial charge is 0.239 e. The van der Waals surface area contributed by atoms with Crippen LogP contribution in [0.5, 0.6) is 5.75 Å². The third-order valence-corrected chi connectivity index (χ3v) is 3.35. The van der Waals surface area contributed by atoms with Gasteiger partial charge in [0.05, 0.1) is 33.0 Å². The summed E-state index contributed by atoms with van der Waals surface area (Å²) in [5.74, 6) is 1.96. The second-order valence-electron chi connectivity index (χ2n) is 5.26. The summed E-state index contributed by atoms with van der Waals surface area (Å²) in [5, 5.41) is 8.91. The number of rotatable bonds is 8. The molecule has 1 aromatic heterocycles. The zero-order valence-corrected chi connectivity index (χ0v) is 14.5. The van der Waals surface area contributed by atoms with Gasteiger partial charge in [0, 0.05) is 6.54 Å². The van der Waals surface area contributed by atoms with E-state index in [2.05, 4.69) is 20.9 Å². The van der Waals surface area contributed by atoms with Gasteiger partial charge in [0.2, 0.25) is 5.91 Å². The quantitative estimate of drug-likeness (QED) is 0.501. The lowest BCUT2D eigenvalue weighted by Crippen LogP contribution is -2.43. The Morgan fingerprint density at radius 1 is 1.20 bits per heavy atom. The van der Waals surface area contributed by atoms with Crippen molar-refractivity contribution in [2.75, 3.05) is 20.2 Å². The summed E-state index contributed by atoms with van der Waals surface area (Å²) in [7, 11) is 1.63. The number of hydrogen-bond donors (Lipinski definition) is 3. The van der Waals surface area contributed by atoms with E-state index in [9.17, 15) is 4.79 Å². The van der Waals surface area contributed by atoms with Gasteiger partial charge in [-0.15, -0.1) is 0 Å². The number of nitrogens with zero attached hydrogens (tertiary/aromatic N) is 1. The fourth-order valence-corrected chi connectivity index (χ4v) is 2.11. The van der Waals surface area contributed by atoms with Gasteiger partial charge < -0.3 is 25.1 Å². The minimum atomic E-state index is -0.136. The molecule has 0 saturated heterocycles. The number of furan rings is 1. The largest absolute Gasteiger partial charge is 0.497 e. The molecule has 0 radical (unpaired) electrons. The highest BCUT2D eigenvalue weighted by atomic mass is 16.5. The third-order valence-electron chi connectivity index (χ3n) is 3.35. The molecule has 3 N–H and O–H groups in total. The molecule has 1 aromatic carbocycles. The van der Waals surface area contributed by atoms with Crippen molar-refractivity contribution in [1.29, 1.82) is 0 Å². The predicted molar refractivity (Wildman–Crippen MR) is 96.4 cm³/mol. The molecule has 0 fully saturated rings. The number of hydrogen-bond acceptors (Lipinski definition) is 4. The Morgan fingerprint density at radius 2 is 2.08 bits per heavy atom. The third kappa shape index (κ3) is 6.58. The molecule has 2 rings (SSSR count). The molecule has 0 spiro atoms. The first-order valence-corrected chi connectivity index (χ1v) is 8.15. The molecular formula is C18H24N4O3. The molecule has 7 heteroatoms. The van der Waals surface area contributed by atoms with Crippen LogP contribution in [0.3, 0.4) is 0 Å². The van der Waals surface area contributed by atoms with Gasteiger partial charge in [-0.25, -0.2) is 4.99 Å². The van der Waals surface area contributed by atoms with E-state index in [0.29, 0.717) is 31.4 Å². The first-order chi connectivity index (χ1) is 12.2. The van der Waals surface area contributed by atoms with E-state index in [0.717, 1.165) is 11.3 Å². The van der Waals surface area contributed by atoms with E-state index in [4.69, 9.17) is 9.15 Å². The summed E-state index contributed by atoms with van der Waals surface area (Å²) in [4.78, 5) is 16.4. The highest BCUT2D eigenvalue weighted by Gasteiger charge is 2.05. The highest BCUT2D eigenvalue weighted by molar-refractivity contribution is 5.86. The maximum atomic E-state index is 11.9. The molecule has 0 aliphatic carbocycles. The van der Waals surface area contributed by atoms with Gasteiger partial charge in [-0.2, -0.15) is 0 Å². The van der Waals surface area contributed by atoms with Gasteiger partial charge in [0.15, 0.2) is 5.96 Å². The van der Waals surface area contributed by atoms with Crippen molar-refractivity contribution < 1.29 is 13.9 Å². The minimum Gasteiger partial charge on any atom is -0.497 e. The van der Waals surface area contributed by atoms with Crippen LogP contribution >= 0.6 is 0 Å². The maximum absolute atomic E-state index is 11.9. The molecule has 25 heavy (non-hydrogen) atoms. The van der Waals surface area contributed by atoms with Gasteiger partial charge in [0.25, 0.3) is 0 Å². The SMILES string of the molecule is CCNC(=NCc1cccc(OC)c1)NCC(=O)NCc1ccco1. The fourth-order valence-electron chi connectivity index (χ4n) is 2.11. The molecule has 134 valence electrons. The molecule has 0 bridgehead atoms. The molecule has 0 unspecified atom stereocenters. The van der Waals surface area contributed by atoms with Crippen LogP contribution in [0, 0.1) is 0 Å². The lowest BCUT2D eigenvalue weighted by molar-refractivity contribution is -0.120. The lowest BCUT2D eigenvalue weighted by atomic mass is 10.2. The Hall–Kier alpha value is -2.96. The predicted octanol–water partition coefficient (Wildman–Crippen LogP) is 1.66. The van der Waals surface area contributed by atoms with E-state index < -0.39 is 0 Å². The summed E-state index contributed by atoms with van der Waals surface area (Å²) in [6.07, 6.45) is 1.58. The van der Waals surface area contributed by atoms with Crippen LogP contribution in [-0.2, 0) is 17.9 Å². The summed E-state index contributed by atoms with van der Waals surface area (Å²) in [5.41, 5.74) is 1.03. The number of carbonyl (C=O) groups excluding carboxylic acids is 1. The van der Waals surface area contributed by atoms with Crippen LogP contribution in [0.1, 0.15) is 18.2 Å². The van der Waals surface area contributed by atoms with Crippen LogP contribution in [-0.4, -0.2) is 32.1 Å². The Kier molecular flexibility index (Phi) is 7.37. The van der Waals surface area contributed by atoms with E-state index in [1.54, 1.807) is 19.4 Å². The van der Waals surface area contributed by atoms with Gasteiger partial charge in [0.1, 0.15) is 11.5 Å². The Bertz CT molecular complexity index is 683. The second kappa shape index (κ2) is 10.0. The van der Waals surface area contributed by atoms with E-state index in [-0.39, 0.29) is 12.5 Å². The summed E-state index contributed by atoms with van der Waals surface area (Å²) < 4.78 is 10.4. The van der Waals surface area contributed by atoms with Crippen molar-refractivity contribution >= 4 is 11.9 Å². The minimum absolute atomic E-state index is 0.130. The summed E-state index contributed by atoms with van der Waals surface area (Å²) in [6.45, 7) is 3.66. The molecular weight excluding hydrogens is 320 g/mol. The Labute approximate surface area is 147 Å². The van der Waals surface area contributed by atoms with Crippen LogP contribution in [0.15, 0.2) is 52.1 Å². The molecule has 2 aromatic rings. The normalized spacial score (nSPS) is 11.0. The average Bonchev–Trinajstić information content (AvgIpc) is 3.16. The molecule has 0 aliphatic heterocycles. The van der Waals surface area contributed by atoms with E-state index >= 15 is 0 Å². The molecule has 1 amide bonds. The lowest BCUT2D eigenvalue weighted by Gasteiger charge is -2.11. The highest BCUT2D eigenvalue weighted by Crippen LogP contribution is 2.13. The van der Waals surface area contributed by atoms with Crippen molar-refractivity contribution in [3.63, 3.8) is 0 Å². The Morgan fingerprint density at radius 3 is 2.80 bits per heavy atom. The number of benzene rings is 1. The van der Waals surface area contributed by atoms with Gasteiger partial charge in [-0.1, -0.05) is 12.1 Å². The van der Waals surface area contributed by atoms with Gasteiger partial charge in [-0.05, 0) is 36.8 Å². The molecule has 0 saturated carbocycles. The van der Waals surface area contributed by atoms with Crippen LogP contribution in [0.25, 0.3) is 0 Å². The topological polar surface area (TPSA) is 87.9 Å². The maximum Gasteiger partial charge on any atom is 0.239 e. The number of aliphatic imine (C=N–C) groups is 1. The van der Waals surface area contributed by atoms with Crippen molar-refractivity contribution in [2.24, 2.45) is 4.99 Å². The average molecular weight is 344 g/mol. The molecule has 1 heterocycles. The second-order valence-corrected chi connectivity index (χ2v) is 5.26. The zero-order valence-electron chi connectivity index (χ0n) is 14.5. The van der Waals surface area contributed by atoms with Crippen molar-refractivity contribution in [3.8, 4) is 5.75 Å². The standard InChI is InChI=1S/C18H24N4O3/c1-3-19-18(21-11-14-6-4-7-15(10-14)24-2)22-13-17(23)20-12-16-8-5-9-25-16/h4-10H,3,11-13H2,1-2H3,(H,20,23)(H2,19,21,22). The summed E-state index contributed by atoms with van der Waals surface area (Å²) >= 11 is 0. The van der Waals surface area contributed by atoms with E-state index in [1.165, 1.54) is 0 Å². The molecule has 7 nitrogen and oxygen atoms in total. The van der Waals surface area contributed by atoms with Crippen molar-refractivity contribution in [3.05, 3.63) is 54.0 Å². The van der Waals surface area contributed by atoms with Gasteiger partial charge >= 0.3 is 0 Å². The molecule has 0 aliphatic rings. The molecule has 0 atom stereocenters. The number of amides is 1. The van der Waals surface area contributed by atoms with Crippen LogP contribution < -0.4 is 20.7 Å².